The van der Waals surface area contributed by atoms with Gasteiger partial charge in [-0.2, -0.15) is 0 Å². The Labute approximate surface area is 567 Å². The Kier molecular flexibility index (Phi) is 22.2. The number of pyridine rings is 3. The minimum absolute atomic E-state index is 0.0685. The quantitative estimate of drug-likeness (QED) is 0.0971. The Morgan fingerprint density at radius 1 is 0.646 bits per heavy atom. The molecule has 9 atom stereocenters. The molecule has 3 aliphatic carbocycles. The summed E-state index contributed by atoms with van der Waals surface area (Å²) in [6.45, 7) is 18.3. The molecule has 0 bridgehead atoms. The highest BCUT2D eigenvalue weighted by atomic mass is 16.7. The number of benzene rings is 4. The number of rotatable bonds is 12. The lowest BCUT2D eigenvalue weighted by Crippen LogP contribution is -2.48. The number of nitrogens with zero attached hydrogens (tertiary/aromatic N) is 6. The monoisotopic (exact) mass is 1310 g/mol. The second-order valence-corrected chi connectivity index (χ2v) is 29.7. The molecule has 18 nitrogen and oxygen atoms in total. The number of nitrogens with two attached hydrogens (primary N) is 1. The van der Waals surface area contributed by atoms with Gasteiger partial charge in [0.25, 0.3) is 5.91 Å². The number of amides is 3. The lowest BCUT2D eigenvalue weighted by atomic mass is 9.85. The van der Waals surface area contributed by atoms with E-state index in [-0.39, 0.29) is 36.2 Å². The molecule has 3 saturated heterocycles. The molecular weight excluding hydrogens is 1210 g/mol. The molecule has 512 valence electrons. The second-order valence-electron chi connectivity index (χ2n) is 29.7. The number of hydrogen-bond acceptors (Lipinski definition) is 15. The molecule has 14 rings (SSSR count). The molecule has 96 heavy (non-hydrogen) atoms. The van der Waals surface area contributed by atoms with Gasteiger partial charge in [0.15, 0.2) is 17.8 Å². The van der Waals surface area contributed by atoms with Gasteiger partial charge in [-0.05, 0) is 166 Å². The summed E-state index contributed by atoms with van der Waals surface area (Å²) < 4.78 is 28.8. The van der Waals surface area contributed by atoms with Crippen molar-refractivity contribution in [3.05, 3.63) is 144 Å². The van der Waals surface area contributed by atoms with E-state index in [4.69, 9.17) is 39.4 Å². The van der Waals surface area contributed by atoms with E-state index in [0.29, 0.717) is 90.6 Å². The van der Waals surface area contributed by atoms with Crippen molar-refractivity contribution in [2.45, 2.75) is 218 Å². The summed E-state index contributed by atoms with van der Waals surface area (Å²) in [5.74, 6) is 2.65. The van der Waals surface area contributed by atoms with E-state index in [2.05, 4.69) is 50.8 Å². The van der Waals surface area contributed by atoms with Crippen LogP contribution in [0.15, 0.2) is 121 Å². The van der Waals surface area contributed by atoms with Crippen LogP contribution in [0.25, 0.3) is 32.7 Å². The SMILES string of the molecule is CC(C)(C)OC(=O)N1[C@H](CN)C[C@@H]2CCCC[C@@H]21.CC(C)(C)OC(=O)N1[C@H](CNCc2ccc3ccccc3n2)C[C@@H]2CCCC[C@@H]21.COc1cc(C(=O)N(Cc2ccc3ccccc3n2)C[C@@H]2C[C@@H]3CCCC[C@@H]3N2)cc2c1OC(C)(C)O2.O=Cc1ccc2ccccc2n1. The molecule has 4 aliphatic heterocycles. The summed E-state index contributed by atoms with van der Waals surface area (Å²) in [5.41, 5.74) is 10.7. The van der Waals surface area contributed by atoms with Gasteiger partial charge in [-0.3, -0.25) is 19.6 Å². The van der Waals surface area contributed by atoms with Crippen LogP contribution in [-0.2, 0) is 22.6 Å². The van der Waals surface area contributed by atoms with E-state index in [1.165, 1.54) is 64.2 Å². The topological polar surface area (TPSA) is 213 Å². The maximum absolute atomic E-state index is 14.1. The molecule has 7 aromatic rings. The third-order valence-electron chi connectivity index (χ3n) is 19.8. The van der Waals surface area contributed by atoms with E-state index >= 15 is 0 Å². The molecule has 4 N–H and O–H groups in total. The van der Waals surface area contributed by atoms with Crippen LogP contribution in [0.5, 0.6) is 17.2 Å². The summed E-state index contributed by atoms with van der Waals surface area (Å²) in [6.07, 6.45) is 18.5. The first-order valence-corrected chi connectivity index (χ1v) is 35.2. The average Bonchev–Trinajstić information content (AvgIpc) is 1.17. The molecule has 0 unspecified atom stereocenters. The maximum atomic E-state index is 14.1. The zero-order chi connectivity index (χ0) is 67.7. The number of aromatic nitrogens is 3. The van der Waals surface area contributed by atoms with E-state index in [1.54, 1.807) is 25.3 Å². The molecular formula is C78H101N9O9. The van der Waals surface area contributed by atoms with Crippen molar-refractivity contribution in [3.63, 3.8) is 0 Å². The maximum Gasteiger partial charge on any atom is 0.410 e. The molecule has 7 heterocycles. The van der Waals surface area contributed by atoms with Crippen molar-refractivity contribution >= 4 is 57.1 Å². The first-order valence-electron chi connectivity index (χ1n) is 35.2. The molecule has 0 spiro atoms. The minimum Gasteiger partial charge on any atom is -0.493 e. The van der Waals surface area contributed by atoms with Crippen LogP contribution in [0.2, 0.25) is 0 Å². The number of likely N-dealkylation sites (tertiary alicyclic amines) is 2. The summed E-state index contributed by atoms with van der Waals surface area (Å²) >= 11 is 0. The molecule has 0 radical (unpaired) electrons. The number of hydrogen-bond donors (Lipinski definition) is 3. The number of carbonyl (C=O) groups excluding carboxylic acids is 4. The first-order chi connectivity index (χ1) is 46.1. The van der Waals surface area contributed by atoms with Gasteiger partial charge < -0.3 is 54.8 Å². The third kappa shape index (κ3) is 17.4. The highest BCUT2D eigenvalue weighted by Crippen LogP contribution is 2.47. The smallest absolute Gasteiger partial charge is 0.410 e. The molecule has 3 saturated carbocycles. The number of methoxy groups -OCH3 is 1. The molecule has 7 aliphatic rings. The van der Waals surface area contributed by atoms with Gasteiger partial charge in [-0.1, -0.05) is 111 Å². The largest absolute Gasteiger partial charge is 0.493 e. The van der Waals surface area contributed by atoms with Crippen molar-refractivity contribution in [2.24, 2.45) is 23.5 Å². The highest BCUT2D eigenvalue weighted by molar-refractivity contribution is 5.96. The fourth-order valence-corrected chi connectivity index (χ4v) is 15.6. The Balaban J connectivity index is 0.000000140. The average molecular weight is 1310 g/mol. The first kappa shape index (κ1) is 69.4. The Bertz CT molecular complexity index is 3820. The number of para-hydroxylation sites is 3. The summed E-state index contributed by atoms with van der Waals surface area (Å²) in [7, 11) is 1.58. The molecule has 6 fully saturated rings. The van der Waals surface area contributed by atoms with Gasteiger partial charge in [-0.15, -0.1) is 0 Å². The zero-order valence-corrected chi connectivity index (χ0v) is 57.9. The van der Waals surface area contributed by atoms with Crippen molar-refractivity contribution in [1.29, 1.82) is 0 Å². The molecule has 4 aromatic carbocycles. The Morgan fingerprint density at radius 2 is 1.17 bits per heavy atom. The van der Waals surface area contributed by atoms with E-state index in [9.17, 15) is 19.2 Å². The predicted octanol–water partition coefficient (Wildman–Crippen LogP) is 14.8. The summed E-state index contributed by atoms with van der Waals surface area (Å²) in [6, 6.07) is 41.3. The van der Waals surface area contributed by atoms with Crippen LogP contribution in [-0.4, -0.2) is 134 Å². The van der Waals surface area contributed by atoms with E-state index < -0.39 is 17.0 Å². The van der Waals surface area contributed by atoms with E-state index in [0.717, 1.165) is 89.0 Å². The Hall–Kier alpha value is -7.93. The molecule has 3 aromatic heterocycles. The van der Waals surface area contributed by atoms with Gasteiger partial charge in [0.2, 0.25) is 11.5 Å². The fourth-order valence-electron chi connectivity index (χ4n) is 15.6. The predicted molar refractivity (Wildman–Crippen MR) is 376 cm³/mol. The van der Waals surface area contributed by atoms with E-state index in [1.807, 2.05) is 138 Å². The number of aldehydes is 1. The van der Waals surface area contributed by atoms with Crippen LogP contribution in [0.3, 0.4) is 0 Å². The van der Waals surface area contributed by atoms with Crippen LogP contribution in [0.1, 0.15) is 184 Å². The number of ether oxygens (including phenoxy) is 5. The Morgan fingerprint density at radius 3 is 1.74 bits per heavy atom. The molecule has 3 amide bonds. The second kappa shape index (κ2) is 30.6. The lowest BCUT2D eigenvalue weighted by Gasteiger charge is -2.35. The molecule has 18 heteroatoms. The number of carbonyl (C=O) groups is 4. The van der Waals surface area contributed by atoms with Crippen molar-refractivity contribution in [1.82, 2.24) is 40.3 Å². The van der Waals surface area contributed by atoms with Gasteiger partial charge in [0.1, 0.15) is 16.9 Å². The van der Waals surface area contributed by atoms with Crippen molar-refractivity contribution in [2.75, 3.05) is 26.7 Å². The standard InChI is InChI=1S/C30H35N3O4.C24H33N3O2.C14H26N2O2.C10H7NO/c1-30(2)36-27-16-21(15-26(35-3)28(27)37-30)29(34)33(18-23-14-20-9-5-7-11-25(20)32-23)17-22-13-12-19-8-4-6-10-24(19)31-22;1-24(2,3)29-23(28)27-20(14-18-9-5-7-11-22(18)27)16-25-15-19-13-12-17-8-4-6-10-21(17)26-19;1-14(2,3)18-13(17)16-11(9-15)8-10-6-4-5-7-12(10)16;12-7-9-6-5-8-3-1-2-4-10(8)11-9/h4,6,8,10,12-13,15-16,20,23,25,32H,5,7,9,11,14,17-18H2,1-3H3;4,6,8,10,12-13,18,20,22,25H,5,7,9,11,14-16H2,1-3H3;10-12H,4-9,15H2,1-3H3;1-7H/t20-,23-,25-;18-,20-,22-;10-,11-,12-;/m000./s1. The fraction of sp³-hybridized carbons (Fsp3) is 0.526. The van der Waals surface area contributed by atoms with Crippen LogP contribution in [0, 0.1) is 17.8 Å². The van der Waals surface area contributed by atoms with Crippen LogP contribution < -0.4 is 30.6 Å². The number of fused-ring (bicyclic) bond motifs is 7. The van der Waals surface area contributed by atoms with Gasteiger partial charge >= 0.3 is 12.2 Å². The van der Waals surface area contributed by atoms with Crippen molar-refractivity contribution in [3.8, 4) is 17.2 Å². The normalized spacial score (nSPS) is 23.8. The summed E-state index contributed by atoms with van der Waals surface area (Å²) in [5, 5.41) is 10.7. The minimum atomic E-state index is -0.809. The van der Waals surface area contributed by atoms with Gasteiger partial charge in [0, 0.05) is 98.0 Å². The lowest BCUT2D eigenvalue weighted by molar-refractivity contribution is -0.0439. The van der Waals surface area contributed by atoms with Crippen LogP contribution >= 0.6 is 0 Å². The van der Waals surface area contributed by atoms with Gasteiger partial charge in [0.05, 0.1) is 41.6 Å². The zero-order valence-electron chi connectivity index (χ0n) is 57.9. The number of nitrogens with one attached hydrogen (secondary N) is 2. The van der Waals surface area contributed by atoms with Crippen LogP contribution in [0.4, 0.5) is 9.59 Å². The summed E-state index contributed by atoms with van der Waals surface area (Å²) in [4.78, 5) is 69.4. The van der Waals surface area contributed by atoms with Gasteiger partial charge in [-0.25, -0.2) is 14.6 Å². The highest BCUT2D eigenvalue weighted by Gasteiger charge is 2.47. The third-order valence-corrected chi connectivity index (χ3v) is 19.8. The van der Waals surface area contributed by atoms with Crippen molar-refractivity contribution < 1.29 is 42.9 Å².